The van der Waals surface area contributed by atoms with Gasteiger partial charge in [-0.3, -0.25) is 4.79 Å². The second-order valence-electron chi connectivity index (χ2n) is 9.97. The van der Waals surface area contributed by atoms with E-state index in [2.05, 4.69) is 52.8 Å². The lowest BCUT2D eigenvalue weighted by atomic mass is 10.1. The number of carbonyl (C=O) groups excluding carboxylic acids is 1. The van der Waals surface area contributed by atoms with Gasteiger partial charge >= 0.3 is 5.97 Å². The number of thioether (sulfide) groups is 1. The molecule has 0 fully saturated rings. The number of nitrogens with zero attached hydrogens (tertiary/aromatic N) is 2. The Morgan fingerprint density at radius 1 is 1.07 bits per heavy atom. The molecule has 0 aliphatic carbocycles. The zero-order valence-corrected chi connectivity index (χ0v) is 24.5. The van der Waals surface area contributed by atoms with Crippen molar-refractivity contribution in [2.45, 2.75) is 57.1 Å². The van der Waals surface area contributed by atoms with Gasteiger partial charge in [0.25, 0.3) is 5.01 Å². The number of allylic oxidation sites excluding steroid dienone is 2. The van der Waals surface area contributed by atoms with Crippen LogP contribution >= 0.6 is 23.1 Å². The fourth-order valence-corrected chi connectivity index (χ4v) is 7.45. The molecule has 0 saturated carbocycles. The molecule has 5 rings (SSSR count). The number of aromatic nitrogens is 1. The molecule has 0 bridgehead atoms. The third kappa shape index (κ3) is 6.48. The topological polar surface area (TPSA) is 105 Å². The van der Waals surface area contributed by atoms with Crippen LogP contribution in [0.15, 0.2) is 76.2 Å². The maximum absolute atomic E-state index is 11.2. The number of aliphatic carboxylic acids is 2. The molecule has 1 aliphatic rings. The van der Waals surface area contributed by atoms with E-state index < -0.39 is 11.9 Å². The third-order valence-electron chi connectivity index (χ3n) is 7.15. The van der Waals surface area contributed by atoms with Crippen LogP contribution in [0.2, 0.25) is 0 Å². The third-order valence-corrected chi connectivity index (χ3v) is 9.36. The Morgan fingerprint density at radius 3 is 2.66 bits per heavy atom. The molecule has 41 heavy (non-hydrogen) atoms. The van der Waals surface area contributed by atoms with Gasteiger partial charge in [0.15, 0.2) is 6.54 Å². The number of rotatable bonds is 12. The first kappa shape index (κ1) is 28.9. The number of carboxylic acid groups (broad SMARTS) is 2. The van der Waals surface area contributed by atoms with Crippen molar-refractivity contribution in [2.24, 2.45) is 0 Å². The highest BCUT2D eigenvalue weighted by molar-refractivity contribution is 8.03. The molecule has 9 heteroatoms. The molecule has 2 heterocycles. The number of fused-ring (bicyclic) bond motifs is 4. The van der Waals surface area contributed by atoms with Crippen LogP contribution in [-0.4, -0.2) is 28.7 Å². The predicted molar refractivity (Wildman–Crippen MR) is 163 cm³/mol. The van der Waals surface area contributed by atoms with Gasteiger partial charge in [0, 0.05) is 36.3 Å². The first-order chi connectivity index (χ1) is 19.9. The first-order valence-electron chi connectivity index (χ1n) is 13.7. The Morgan fingerprint density at radius 2 is 1.90 bits per heavy atom. The first-order valence-corrected chi connectivity index (χ1v) is 15.4. The smallest absolute Gasteiger partial charge is 0.303 e. The Labute approximate surface area is 247 Å². The van der Waals surface area contributed by atoms with Crippen molar-refractivity contribution in [1.29, 1.82) is 0 Å². The highest BCUT2D eigenvalue weighted by atomic mass is 32.2. The van der Waals surface area contributed by atoms with Crippen molar-refractivity contribution in [3.05, 3.63) is 81.8 Å². The molecule has 4 aromatic rings. The van der Waals surface area contributed by atoms with E-state index in [1.165, 1.54) is 0 Å². The lowest BCUT2D eigenvalue weighted by molar-refractivity contribution is -0.668. The largest absolute Gasteiger partial charge is 0.550 e. The number of aliphatic hydroxyl groups is 1. The summed E-state index contributed by atoms with van der Waals surface area (Å²) in [5, 5.41) is 34.4. The fourth-order valence-electron chi connectivity index (χ4n) is 5.12. The zero-order chi connectivity index (χ0) is 28.9. The van der Waals surface area contributed by atoms with Crippen LogP contribution in [-0.2, 0) is 22.7 Å². The molecule has 2 N–H and O–H groups in total. The van der Waals surface area contributed by atoms with Gasteiger partial charge in [0.1, 0.15) is 4.70 Å². The van der Waals surface area contributed by atoms with Crippen LogP contribution in [0.1, 0.15) is 49.6 Å². The van der Waals surface area contributed by atoms with Crippen LogP contribution in [0, 0.1) is 0 Å². The van der Waals surface area contributed by atoms with E-state index in [1.54, 1.807) is 23.1 Å². The summed E-state index contributed by atoms with van der Waals surface area (Å²) in [7, 11) is 0. The maximum Gasteiger partial charge on any atom is 0.303 e. The van der Waals surface area contributed by atoms with Gasteiger partial charge < -0.3 is 25.0 Å². The lowest BCUT2D eigenvalue weighted by Crippen LogP contribution is -2.36. The Bertz CT molecular complexity index is 1670. The van der Waals surface area contributed by atoms with Gasteiger partial charge in [0.05, 0.1) is 22.7 Å². The number of anilines is 1. The van der Waals surface area contributed by atoms with E-state index in [0.717, 1.165) is 59.2 Å². The monoisotopic (exact) mass is 588 g/mol. The minimum absolute atomic E-state index is 0.00102. The number of benzene rings is 3. The number of hydrogen-bond acceptors (Lipinski definition) is 7. The Kier molecular flexibility index (Phi) is 9.07. The van der Waals surface area contributed by atoms with Gasteiger partial charge in [-0.15, -0.1) is 0 Å². The molecule has 0 radical (unpaired) electrons. The number of aryl methyl sites for hydroxylation is 1. The number of carboxylic acids is 2. The number of carbonyl (C=O) groups is 2. The normalized spacial score (nSPS) is 14.3. The van der Waals surface area contributed by atoms with Gasteiger partial charge in [-0.05, 0) is 66.1 Å². The zero-order valence-electron chi connectivity index (χ0n) is 22.8. The van der Waals surface area contributed by atoms with Crippen LogP contribution in [0.25, 0.3) is 27.1 Å². The van der Waals surface area contributed by atoms with E-state index in [0.29, 0.717) is 25.9 Å². The van der Waals surface area contributed by atoms with Gasteiger partial charge in [-0.25, -0.2) is 0 Å². The molecular formula is C32H32N2O5S2. The van der Waals surface area contributed by atoms with E-state index >= 15 is 0 Å². The number of hydrogen-bond donors (Lipinski definition) is 2. The molecule has 0 spiro atoms. The molecule has 1 aromatic heterocycles. The maximum atomic E-state index is 11.2. The quantitative estimate of drug-likeness (QED) is 0.211. The Hall–Kier alpha value is -3.66. The summed E-state index contributed by atoms with van der Waals surface area (Å²) in [4.78, 5) is 25.6. The average molecular weight is 589 g/mol. The van der Waals surface area contributed by atoms with Crippen molar-refractivity contribution in [3.63, 3.8) is 0 Å². The molecule has 1 aliphatic heterocycles. The van der Waals surface area contributed by atoms with Crippen LogP contribution in [0.3, 0.4) is 0 Å². The predicted octanol–water partition coefficient (Wildman–Crippen LogP) is 5.48. The summed E-state index contributed by atoms with van der Waals surface area (Å²) < 4.78 is 3.37. The summed E-state index contributed by atoms with van der Waals surface area (Å²) in [5.41, 5.74) is 4.01. The summed E-state index contributed by atoms with van der Waals surface area (Å²) >= 11 is 3.34. The second kappa shape index (κ2) is 12.9. The van der Waals surface area contributed by atoms with Crippen molar-refractivity contribution < 1.29 is 29.5 Å². The second-order valence-corrected chi connectivity index (χ2v) is 12.1. The molecule has 3 aromatic carbocycles. The summed E-state index contributed by atoms with van der Waals surface area (Å²) in [6.07, 6.45) is 6.19. The molecule has 0 unspecified atom stereocenters. The lowest BCUT2D eigenvalue weighted by Gasteiger charge is -2.21. The SMILES string of the molecule is CCC(=Cc1sc2ccc3ccccc3c2[n+]1CCCC(=O)[O-])C=C1Sc2ccc(CO)cc2N1CCCC(=O)O. The van der Waals surface area contributed by atoms with Crippen molar-refractivity contribution in [1.82, 2.24) is 0 Å². The molecule has 0 saturated heterocycles. The van der Waals surface area contributed by atoms with E-state index in [1.807, 2.05) is 30.3 Å². The summed E-state index contributed by atoms with van der Waals surface area (Å²) in [6.45, 7) is 3.17. The highest BCUT2D eigenvalue weighted by Gasteiger charge is 2.26. The minimum atomic E-state index is -1.05. The number of aliphatic hydroxyl groups excluding tert-OH is 1. The van der Waals surface area contributed by atoms with Gasteiger partial charge in [-0.1, -0.05) is 60.4 Å². The van der Waals surface area contributed by atoms with Crippen LogP contribution in [0.5, 0.6) is 0 Å². The highest BCUT2D eigenvalue weighted by Crippen LogP contribution is 2.47. The van der Waals surface area contributed by atoms with Crippen molar-refractivity contribution >= 4 is 67.8 Å². The Balaban J connectivity index is 1.56. The average Bonchev–Trinajstić information content (AvgIpc) is 3.49. The summed E-state index contributed by atoms with van der Waals surface area (Å²) in [5.74, 6) is -1.86. The van der Waals surface area contributed by atoms with Crippen molar-refractivity contribution in [2.75, 3.05) is 11.4 Å². The molecule has 7 nitrogen and oxygen atoms in total. The standard InChI is InChI=1S/C32H32N2O5S2/c1-2-21(18-28-33(15-5-9-30(36)37)25-17-22(20-35)11-13-26(25)40-28)19-29-34(16-6-10-31(38)39)32-24-8-4-3-7-23(24)12-14-27(32)41-29/h3-4,7-8,11-14,17-19,35H,2,5-6,9-10,15-16,20H2,1H3,(H-,36,37,38,39). The van der Waals surface area contributed by atoms with Gasteiger partial charge in [-0.2, -0.15) is 4.57 Å². The molecule has 212 valence electrons. The number of thiazole rings is 1. The van der Waals surface area contributed by atoms with Crippen LogP contribution in [0.4, 0.5) is 5.69 Å². The molecule has 0 amide bonds. The van der Waals surface area contributed by atoms with Crippen molar-refractivity contribution in [3.8, 4) is 0 Å². The minimum Gasteiger partial charge on any atom is -0.550 e. The summed E-state index contributed by atoms with van der Waals surface area (Å²) in [6, 6.07) is 18.4. The van der Waals surface area contributed by atoms with E-state index in [9.17, 15) is 24.9 Å². The van der Waals surface area contributed by atoms with E-state index in [4.69, 9.17) is 0 Å². The molecule has 0 atom stereocenters. The van der Waals surface area contributed by atoms with E-state index in [-0.39, 0.29) is 19.4 Å². The fraction of sp³-hybridized carbons (Fsp3) is 0.281. The van der Waals surface area contributed by atoms with Crippen LogP contribution < -0.4 is 14.6 Å². The van der Waals surface area contributed by atoms with Gasteiger partial charge in [0.2, 0.25) is 5.52 Å². The molecular weight excluding hydrogens is 556 g/mol.